The van der Waals surface area contributed by atoms with Crippen LogP contribution in [-0.4, -0.2) is 33.5 Å². The van der Waals surface area contributed by atoms with Gasteiger partial charge in [0.2, 0.25) is 0 Å². The van der Waals surface area contributed by atoms with E-state index in [2.05, 4.69) is 15.6 Å². The first-order valence-corrected chi connectivity index (χ1v) is 10.2. The van der Waals surface area contributed by atoms with Gasteiger partial charge in [0.25, 0.3) is 0 Å². The molecule has 0 spiro atoms. The zero-order valence-electron chi connectivity index (χ0n) is 18.3. The highest BCUT2D eigenvalue weighted by atomic mass is 16.4. The molecule has 0 atom stereocenters. The van der Waals surface area contributed by atoms with Crippen molar-refractivity contribution >= 4 is 34.7 Å². The van der Waals surface area contributed by atoms with Crippen LogP contribution >= 0.6 is 0 Å². The molecule has 166 valence electrons. The third-order valence-electron chi connectivity index (χ3n) is 5.47. The summed E-state index contributed by atoms with van der Waals surface area (Å²) in [5.74, 6) is -1.43. The fourth-order valence-electron chi connectivity index (χ4n) is 3.39. The average Bonchev–Trinajstić information content (AvgIpc) is 3.08. The monoisotopic (exact) mass is 442 g/mol. The first kappa shape index (κ1) is 21.8. The Balaban J connectivity index is 1.52. The molecule has 0 radical (unpaired) electrons. The van der Waals surface area contributed by atoms with E-state index in [1.807, 2.05) is 32.0 Å². The summed E-state index contributed by atoms with van der Waals surface area (Å²) < 4.78 is 0. The number of rotatable bonds is 5. The fourth-order valence-corrected chi connectivity index (χ4v) is 3.39. The lowest BCUT2D eigenvalue weighted by Crippen LogP contribution is -2.28. The molecule has 0 unspecified atom stereocenters. The second-order valence-corrected chi connectivity index (χ2v) is 7.76. The minimum absolute atomic E-state index is 0.0646. The smallest absolute Gasteiger partial charge is 0.335 e. The molecule has 3 aromatic carbocycles. The molecule has 0 saturated heterocycles. The molecule has 33 heavy (non-hydrogen) atoms. The standard InChI is InChI=1S/C25H22N4O4/c1-14-4-10-20(12-15(14)2)29-24(31)23(16(3)28-29)27-26-21-11-9-19(13-22(21)30)17-5-7-18(8-6-17)25(32)33/h4-13,26,30H,1-3H3,(H,32,33)/b27-23-. The maximum atomic E-state index is 12.9. The fraction of sp³-hybridized carbons (Fsp3) is 0.120. The number of phenolic OH excluding ortho intramolecular Hbond substituents is 1. The molecule has 3 N–H and O–H groups in total. The Morgan fingerprint density at radius 2 is 1.64 bits per heavy atom. The minimum Gasteiger partial charge on any atom is -0.506 e. The SMILES string of the molecule is CC1=NN(c2ccc(C)c(C)c2)C(=O)/C1=N\Nc1ccc(-c2ccc(C(=O)O)cc2)cc1O. The van der Waals surface area contributed by atoms with Gasteiger partial charge in [0.1, 0.15) is 5.75 Å². The molecular formula is C25H22N4O4. The molecule has 4 rings (SSSR count). The number of amides is 1. The number of nitrogens with zero attached hydrogens (tertiary/aromatic N) is 3. The van der Waals surface area contributed by atoms with Gasteiger partial charge >= 0.3 is 11.9 Å². The number of benzene rings is 3. The van der Waals surface area contributed by atoms with Crippen LogP contribution in [0.1, 0.15) is 28.4 Å². The molecule has 0 saturated carbocycles. The summed E-state index contributed by atoms with van der Waals surface area (Å²) >= 11 is 0. The van der Waals surface area contributed by atoms with Gasteiger partial charge in [0.15, 0.2) is 5.71 Å². The number of carbonyl (C=O) groups excluding carboxylic acids is 1. The molecule has 0 aromatic heterocycles. The number of hydrazone groups is 2. The van der Waals surface area contributed by atoms with E-state index in [4.69, 9.17) is 5.11 Å². The first-order valence-electron chi connectivity index (χ1n) is 10.2. The van der Waals surface area contributed by atoms with Gasteiger partial charge in [-0.05, 0) is 79.4 Å². The van der Waals surface area contributed by atoms with Gasteiger partial charge in [-0.1, -0.05) is 24.3 Å². The number of aromatic hydroxyl groups is 1. The van der Waals surface area contributed by atoms with Gasteiger partial charge in [0, 0.05) is 0 Å². The van der Waals surface area contributed by atoms with Crippen molar-refractivity contribution in [3.05, 3.63) is 77.4 Å². The number of hydrogen-bond acceptors (Lipinski definition) is 6. The molecule has 3 aromatic rings. The Morgan fingerprint density at radius 1 is 0.939 bits per heavy atom. The quantitative estimate of drug-likeness (QED) is 0.396. The molecule has 8 heteroatoms. The number of aryl methyl sites for hydroxylation is 2. The highest BCUT2D eigenvalue weighted by Gasteiger charge is 2.31. The summed E-state index contributed by atoms with van der Waals surface area (Å²) in [6.45, 7) is 5.67. The summed E-state index contributed by atoms with van der Waals surface area (Å²) in [6.07, 6.45) is 0. The topological polar surface area (TPSA) is 115 Å². The molecule has 0 bridgehead atoms. The predicted molar refractivity (Wildman–Crippen MR) is 128 cm³/mol. The Hall–Kier alpha value is -4.46. The molecule has 1 heterocycles. The van der Waals surface area contributed by atoms with Gasteiger partial charge in [-0.15, -0.1) is 0 Å². The summed E-state index contributed by atoms with van der Waals surface area (Å²) in [7, 11) is 0. The van der Waals surface area contributed by atoms with E-state index in [-0.39, 0.29) is 22.9 Å². The minimum atomic E-state index is -1.00. The zero-order chi connectivity index (χ0) is 23.7. The Morgan fingerprint density at radius 3 is 2.27 bits per heavy atom. The molecule has 1 aliphatic rings. The van der Waals surface area contributed by atoms with Gasteiger partial charge in [0.05, 0.1) is 22.6 Å². The average molecular weight is 442 g/mol. The molecule has 1 amide bonds. The lowest BCUT2D eigenvalue weighted by Gasteiger charge is -2.13. The Bertz CT molecular complexity index is 1330. The van der Waals surface area contributed by atoms with E-state index in [9.17, 15) is 14.7 Å². The number of carboxylic acid groups (broad SMARTS) is 1. The van der Waals surface area contributed by atoms with Crippen LogP contribution < -0.4 is 10.4 Å². The van der Waals surface area contributed by atoms with Gasteiger partial charge in [-0.25, -0.2) is 4.79 Å². The van der Waals surface area contributed by atoms with Crippen LogP contribution in [0, 0.1) is 13.8 Å². The van der Waals surface area contributed by atoms with Crippen molar-refractivity contribution < 1.29 is 19.8 Å². The van der Waals surface area contributed by atoms with E-state index in [0.717, 1.165) is 16.7 Å². The van der Waals surface area contributed by atoms with Crippen LogP contribution in [-0.2, 0) is 4.79 Å². The van der Waals surface area contributed by atoms with Crippen LogP contribution in [0.2, 0.25) is 0 Å². The number of carbonyl (C=O) groups is 2. The van der Waals surface area contributed by atoms with Crippen molar-refractivity contribution in [2.75, 3.05) is 10.4 Å². The van der Waals surface area contributed by atoms with Crippen molar-refractivity contribution in [2.45, 2.75) is 20.8 Å². The third kappa shape index (κ3) is 4.31. The van der Waals surface area contributed by atoms with Crippen molar-refractivity contribution in [3.63, 3.8) is 0 Å². The van der Waals surface area contributed by atoms with Crippen LogP contribution in [0.15, 0.2) is 70.9 Å². The van der Waals surface area contributed by atoms with Crippen molar-refractivity contribution in [1.82, 2.24) is 0 Å². The summed E-state index contributed by atoms with van der Waals surface area (Å²) in [6, 6.07) is 16.9. The normalized spacial score (nSPS) is 14.5. The molecule has 8 nitrogen and oxygen atoms in total. The largest absolute Gasteiger partial charge is 0.506 e. The van der Waals surface area contributed by atoms with Crippen LogP contribution in [0.25, 0.3) is 11.1 Å². The predicted octanol–water partition coefficient (Wildman–Crippen LogP) is 4.56. The number of carboxylic acids is 1. The number of aromatic carboxylic acids is 1. The van der Waals surface area contributed by atoms with Crippen molar-refractivity contribution in [3.8, 4) is 16.9 Å². The van der Waals surface area contributed by atoms with E-state index in [0.29, 0.717) is 22.6 Å². The lowest BCUT2D eigenvalue weighted by atomic mass is 10.0. The van der Waals surface area contributed by atoms with Crippen molar-refractivity contribution in [2.24, 2.45) is 10.2 Å². The van der Waals surface area contributed by atoms with Gasteiger partial charge in [-0.3, -0.25) is 10.2 Å². The van der Waals surface area contributed by atoms with Crippen LogP contribution in [0.5, 0.6) is 5.75 Å². The number of anilines is 2. The maximum Gasteiger partial charge on any atom is 0.335 e. The summed E-state index contributed by atoms with van der Waals surface area (Å²) in [5.41, 5.74) is 8.16. The lowest BCUT2D eigenvalue weighted by molar-refractivity contribution is -0.112. The van der Waals surface area contributed by atoms with Gasteiger partial charge < -0.3 is 10.2 Å². The van der Waals surface area contributed by atoms with E-state index >= 15 is 0 Å². The van der Waals surface area contributed by atoms with E-state index < -0.39 is 5.97 Å². The molecule has 1 aliphatic heterocycles. The second-order valence-electron chi connectivity index (χ2n) is 7.76. The van der Waals surface area contributed by atoms with Crippen LogP contribution in [0.4, 0.5) is 11.4 Å². The van der Waals surface area contributed by atoms with Crippen LogP contribution in [0.3, 0.4) is 0 Å². The zero-order valence-corrected chi connectivity index (χ0v) is 18.3. The van der Waals surface area contributed by atoms with E-state index in [1.165, 1.54) is 23.2 Å². The first-order chi connectivity index (χ1) is 15.7. The number of hydrogen-bond donors (Lipinski definition) is 3. The van der Waals surface area contributed by atoms with Crippen molar-refractivity contribution in [1.29, 1.82) is 0 Å². The van der Waals surface area contributed by atoms with Gasteiger partial charge in [-0.2, -0.15) is 15.2 Å². The molecule has 0 fully saturated rings. The number of phenols is 1. The highest BCUT2D eigenvalue weighted by Crippen LogP contribution is 2.30. The Kier molecular flexibility index (Phi) is 5.66. The second kappa shape index (κ2) is 8.58. The molecule has 0 aliphatic carbocycles. The molecular weight excluding hydrogens is 420 g/mol. The van der Waals surface area contributed by atoms with E-state index in [1.54, 1.807) is 31.2 Å². The maximum absolute atomic E-state index is 12.9. The Labute approximate surface area is 190 Å². The highest BCUT2D eigenvalue weighted by molar-refractivity contribution is 6.71. The summed E-state index contributed by atoms with van der Waals surface area (Å²) in [5, 5.41) is 29.3. The number of nitrogens with one attached hydrogen (secondary N) is 1. The summed E-state index contributed by atoms with van der Waals surface area (Å²) in [4.78, 5) is 23.9. The third-order valence-corrected chi connectivity index (χ3v) is 5.47.